The Morgan fingerprint density at radius 2 is 2.00 bits per heavy atom. The Hall–Kier alpha value is -1.41. The van der Waals surface area contributed by atoms with Crippen LogP contribution in [0.4, 0.5) is 13.2 Å². The fourth-order valence-electron chi connectivity index (χ4n) is 1.66. The van der Waals surface area contributed by atoms with Crippen molar-refractivity contribution in [2.75, 3.05) is 0 Å². The van der Waals surface area contributed by atoms with Gasteiger partial charge in [0, 0.05) is 10.5 Å². The molecule has 0 fully saturated rings. The van der Waals surface area contributed by atoms with E-state index in [0.717, 1.165) is 6.07 Å². The number of alkyl halides is 3. The summed E-state index contributed by atoms with van der Waals surface area (Å²) >= 11 is 3.03. The first-order chi connectivity index (χ1) is 9.77. The zero-order valence-corrected chi connectivity index (χ0v) is 12.9. The number of hydrogen-bond acceptors (Lipinski definition) is 4. The summed E-state index contributed by atoms with van der Waals surface area (Å²) in [6.45, 7) is 4.18. The van der Waals surface area contributed by atoms with Crippen LogP contribution in [0.5, 0.6) is 0 Å². The highest BCUT2D eigenvalue weighted by Gasteiger charge is 2.35. The van der Waals surface area contributed by atoms with Crippen molar-refractivity contribution in [1.82, 2.24) is 15.5 Å². The predicted octanol–water partition coefficient (Wildman–Crippen LogP) is 4.02. The van der Waals surface area contributed by atoms with E-state index >= 15 is 0 Å². The third kappa shape index (κ3) is 4.04. The molecule has 0 saturated carbocycles. The van der Waals surface area contributed by atoms with Gasteiger partial charge in [0.1, 0.15) is 0 Å². The monoisotopic (exact) mass is 363 g/mol. The van der Waals surface area contributed by atoms with Gasteiger partial charge in [0.2, 0.25) is 11.8 Å². The van der Waals surface area contributed by atoms with Crippen LogP contribution in [0.15, 0.2) is 27.1 Å². The Morgan fingerprint density at radius 1 is 1.29 bits per heavy atom. The lowest BCUT2D eigenvalue weighted by Gasteiger charge is -2.10. The molecule has 0 saturated heterocycles. The van der Waals surface area contributed by atoms with E-state index < -0.39 is 11.7 Å². The Kier molecular flexibility index (Phi) is 4.67. The third-order valence-electron chi connectivity index (χ3n) is 2.65. The van der Waals surface area contributed by atoms with E-state index in [9.17, 15) is 13.2 Å². The van der Waals surface area contributed by atoms with E-state index in [1.807, 2.05) is 13.8 Å². The molecule has 0 aliphatic rings. The molecule has 1 N–H and O–H groups in total. The number of benzene rings is 1. The molecule has 0 spiro atoms. The lowest BCUT2D eigenvalue weighted by molar-refractivity contribution is -0.137. The largest absolute Gasteiger partial charge is 0.419 e. The van der Waals surface area contributed by atoms with Crippen molar-refractivity contribution >= 4 is 15.9 Å². The first-order valence-electron chi connectivity index (χ1n) is 6.20. The van der Waals surface area contributed by atoms with Gasteiger partial charge in [-0.25, -0.2) is 0 Å². The van der Waals surface area contributed by atoms with Crippen molar-refractivity contribution in [2.45, 2.75) is 32.6 Å². The van der Waals surface area contributed by atoms with Crippen LogP contribution < -0.4 is 5.32 Å². The standard InChI is InChI=1S/C13H13BrF3N3O/c1-7(2)18-6-11-19-20-12(21-11)9-4-3-8(14)5-10(9)13(15,16)17/h3-5,7,18H,6H2,1-2H3. The number of halogens is 4. The molecule has 1 aromatic heterocycles. The molecule has 1 heterocycles. The van der Waals surface area contributed by atoms with Crippen molar-refractivity contribution in [3.8, 4) is 11.5 Å². The summed E-state index contributed by atoms with van der Waals surface area (Å²) in [5.41, 5.74) is -0.946. The predicted molar refractivity (Wildman–Crippen MR) is 74.4 cm³/mol. The van der Waals surface area contributed by atoms with Crippen LogP contribution in [0.25, 0.3) is 11.5 Å². The van der Waals surface area contributed by atoms with Gasteiger partial charge in [0.05, 0.1) is 17.7 Å². The topological polar surface area (TPSA) is 51.0 Å². The molecule has 0 amide bonds. The summed E-state index contributed by atoms with van der Waals surface area (Å²) in [5, 5.41) is 10.5. The van der Waals surface area contributed by atoms with Gasteiger partial charge in [0.15, 0.2) is 0 Å². The van der Waals surface area contributed by atoms with Crippen molar-refractivity contribution in [2.24, 2.45) is 0 Å². The van der Waals surface area contributed by atoms with Gasteiger partial charge in [-0.1, -0.05) is 29.8 Å². The van der Waals surface area contributed by atoms with Gasteiger partial charge in [-0.3, -0.25) is 0 Å². The molecule has 0 atom stereocenters. The lowest BCUT2D eigenvalue weighted by Crippen LogP contribution is -2.21. The van der Waals surface area contributed by atoms with Crippen LogP contribution in [-0.4, -0.2) is 16.2 Å². The molecule has 0 unspecified atom stereocenters. The minimum Gasteiger partial charge on any atom is -0.419 e. The van der Waals surface area contributed by atoms with Crippen LogP contribution in [0.2, 0.25) is 0 Å². The zero-order chi connectivity index (χ0) is 15.6. The van der Waals surface area contributed by atoms with Crippen molar-refractivity contribution < 1.29 is 17.6 Å². The molecule has 0 radical (unpaired) electrons. The van der Waals surface area contributed by atoms with Crippen molar-refractivity contribution in [3.63, 3.8) is 0 Å². The molecular weight excluding hydrogens is 351 g/mol. The van der Waals surface area contributed by atoms with Gasteiger partial charge in [-0.15, -0.1) is 10.2 Å². The van der Waals surface area contributed by atoms with Gasteiger partial charge in [-0.2, -0.15) is 13.2 Å². The minimum atomic E-state index is -4.50. The molecule has 114 valence electrons. The quantitative estimate of drug-likeness (QED) is 0.891. The van der Waals surface area contributed by atoms with Gasteiger partial charge in [-0.05, 0) is 18.2 Å². The van der Waals surface area contributed by atoms with Crippen LogP contribution >= 0.6 is 15.9 Å². The van der Waals surface area contributed by atoms with Crippen molar-refractivity contribution in [1.29, 1.82) is 0 Å². The third-order valence-corrected chi connectivity index (χ3v) is 3.14. The number of nitrogens with zero attached hydrogens (tertiary/aromatic N) is 2. The maximum Gasteiger partial charge on any atom is 0.417 e. The fraction of sp³-hybridized carbons (Fsp3) is 0.385. The van der Waals surface area contributed by atoms with E-state index in [2.05, 4.69) is 31.4 Å². The summed E-state index contributed by atoms with van der Waals surface area (Å²) in [4.78, 5) is 0. The van der Waals surface area contributed by atoms with E-state index in [0.29, 0.717) is 11.0 Å². The number of nitrogens with one attached hydrogen (secondary N) is 1. The highest BCUT2D eigenvalue weighted by molar-refractivity contribution is 9.10. The van der Waals surface area contributed by atoms with Crippen LogP contribution in [0.3, 0.4) is 0 Å². The van der Waals surface area contributed by atoms with Crippen LogP contribution in [0, 0.1) is 0 Å². The maximum absolute atomic E-state index is 13.1. The van der Waals surface area contributed by atoms with E-state index in [4.69, 9.17) is 4.42 Å². The Balaban J connectivity index is 2.34. The normalized spacial score (nSPS) is 12.1. The number of hydrogen-bond donors (Lipinski definition) is 1. The summed E-state index contributed by atoms with van der Waals surface area (Å²) in [6, 6.07) is 4.01. The maximum atomic E-state index is 13.1. The summed E-state index contributed by atoms with van der Waals surface area (Å²) < 4.78 is 44.8. The molecule has 21 heavy (non-hydrogen) atoms. The summed E-state index contributed by atoms with van der Waals surface area (Å²) in [5.74, 6) is 0.102. The second-order valence-corrected chi connectivity index (χ2v) is 5.64. The Bertz CT molecular complexity index is 625. The van der Waals surface area contributed by atoms with Gasteiger partial charge >= 0.3 is 6.18 Å². The Morgan fingerprint density at radius 3 is 2.62 bits per heavy atom. The minimum absolute atomic E-state index is 0.131. The molecule has 1 aromatic carbocycles. The second-order valence-electron chi connectivity index (χ2n) is 4.72. The molecular formula is C13H13BrF3N3O. The van der Waals surface area contributed by atoms with Crippen molar-refractivity contribution in [3.05, 3.63) is 34.1 Å². The van der Waals surface area contributed by atoms with Gasteiger partial charge < -0.3 is 9.73 Å². The molecule has 2 rings (SSSR count). The molecule has 0 aliphatic heterocycles. The highest BCUT2D eigenvalue weighted by atomic mass is 79.9. The fourth-order valence-corrected chi connectivity index (χ4v) is 2.02. The second kappa shape index (κ2) is 6.15. The molecule has 0 aliphatic carbocycles. The number of aromatic nitrogens is 2. The first kappa shape index (κ1) is 16.0. The average Bonchev–Trinajstić information content (AvgIpc) is 2.84. The van der Waals surface area contributed by atoms with Gasteiger partial charge in [0.25, 0.3) is 0 Å². The first-order valence-corrected chi connectivity index (χ1v) is 6.99. The number of rotatable bonds is 4. The molecule has 2 aromatic rings. The summed E-state index contributed by atoms with van der Waals surface area (Å²) in [6.07, 6.45) is -4.50. The van der Waals surface area contributed by atoms with E-state index in [1.165, 1.54) is 12.1 Å². The zero-order valence-electron chi connectivity index (χ0n) is 11.3. The smallest absolute Gasteiger partial charge is 0.417 e. The average molecular weight is 364 g/mol. The lowest BCUT2D eigenvalue weighted by atomic mass is 10.1. The molecule has 8 heteroatoms. The van der Waals surface area contributed by atoms with Crippen LogP contribution in [0.1, 0.15) is 25.3 Å². The Labute approximate surface area is 127 Å². The SMILES string of the molecule is CC(C)NCc1nnc(-c2ccc(Br)cc2C(F)(F)F)o1. The highest BCUT2D eigenvalue weighted by Crippen LogP contribution is 2.38. The van der Waals surface area contributed by atoms with E-state index in [1.54, 1.807) is 0 Å². The van der Waals surface area contributed by atoms with E-state index in [-0.39, 0.29) is 23.4 Å². The molecule has 4 nitrogen and oxygen atoms in total. The molecule has 0 bridgehead atoms. The van der Waals surface area contributed by atoms with Crippen LogP contribution in [-0.2, 0) is 12.7 Å². The summed E-state index contributed by atoms with van der Waals surface area (Å²) in [7, 11) is 0.